The van der Waals surface area contributed by atoms with Crippen molar-refractivity contribution in [2.45, 2.75) is 13.1 Å². The third kappa shape index (κ3) is 1.36. The van der Waals surface area contributed by atoms with E-state index in [2.05, 4.69) is 62.1 Å². The molecule has 1 aliphatic rings. The maximum absolute atomic E-state index is 3.86. The van der Waals surface area contributed by atoms with Gasteiger partial charge >= 0.3 is 0 Å². The van der Waals surface area contributed by atoms with Crippen molar-refractivity contribution >= 4 is 24.5 Å². The van der Waals surface area contributed by atoms with Crippen molar-refractivity contribution in [1.29, 1.82) is 0 Å². The van der Waals surface area contributed by atoms with Crippen LogP contribution in [0.25, 0.3) is 17.2 Å². The molecule has 1 aliphatic heterocycles. The summed E-state index contributed by atoms with van der Waals surface area (Å²) in [5.74, 6) is 0. The van der Waals surface area contributed by atoms with Crippen molar-refractivity contribution in [1.82, 2.24) is 0 Å². The van der Waals surface area contributed by atoms with Gasteiger partial charge in [0, 0.05) is 0 Å². The van der Waals surface area contributed by atoms with E-state index >= 15 is 0 Å². The van der Waals surface area contributed by atoms with E-state index in [-0.39, 0.29) is 0 Å². The van der Waals surface area contributed by atoms with E-state index in [4.69, 9.17) is 0 Å². The molecule has 0 amide bonds. The van der Waals surface area contributed by atoms with Crippen LogP contribution in [0.4, 0.5) is 0 Å². The lowest BCUT2D eigenvalue weighted by molar-refractivity contribution is 1.67. The van der Waals surface area contributed by atoms with Crippen molar-refractivity contribution in [3.05, 3.63) is 54.6 Å². The molecule has 0 saturated carbocycles. The van der Waals surface area contributed by atoms with Gasteiger partial charge in [0.15, 0.2) is 0 Å². The highest BCUT2D eigenvalue weighted by atomic mass is 28.3. The van der Waals surface area contributed by atoms with Gasteiger partial charge in [0.25, 0.3) is 0 Å². The standard InChI is InChI=1S/C16H16Si/c1-4-12-9-10-16-14(11-12)13-7-5-6-8-15(13)17(16,2)3/h4-11H,1H2,2-3H3. The van der Waals surface area contributed by atoms with Crippen LogP contribution in [0.15, 0.2) is 49.0 Å². The smallest absolute Gasteiger partial charge is 0.0985 e. The van der Waals surface area contributed by atoms with Crippen LogP contribution in [0.2, 0.25) is 13.1 Å². The molecule has 84 valence electrons. The van der Waals surface area contributed by atoms with Crippen molar-refractivity contribution in [2.24, 2.45) is 0 Å². The minimum atomic E-state index is -1.45. The molecule has 0 nitrogen and oxygen atoms in total. The minimum Gasteiger partial charge on any atom is -0.0985 e. The Morgan fingerprint density at radius 3 is 2.41 bits per heavy atom. The molecule has 2 aromatic rings. The Labute approximate surface area is 104 Å². The molecular weight excluding hydrogens is 220 g/mol. The highest BCUT2D eigenvalue weighted by Crippen LogP contribution is 2.28. The molecule has 2 aromatic carbocycles. The molecule has 0 aliphatic carbocycles. The highest BCUT2D eigenvalue weighted by molar-refractivity contribution is 7.03. The number of hydrogen-bond acceptors (Lipinski definition) is 0. The first kappa shape index (κ1) is 10.5. The fourth-order valence-corrected chi connectivity index (χ4v) is 5.94. The van der Waals surface area contributed by atoms with Gasteiger partial charge in [0.05, 0.1) is 0 Å². The first-order valence-electron chi connectivity index (χ1n) is 6.01. The van der Waals surface area contributed by atoms with Crippen LogP contribution in [0.5, 0.6) is 0 Å². The second-order valence-corrected chi connectivity index (χ2v) is 9.51. The summed E-state index contributed by atoms with van der Waals surface area (Å²) in [6.07, 6.45) is 1.93. The van der Waals surface area contributed by atoms with Gasteiger partial charge < -0.3 is 0 Å². The van der Waals surface area contributed by atoms with Crippen LogP contribution in [0.3, 0.4) is 0 Å². The van der Waals surface area contributed by atoms with E-state index in [1.807, 2.05) is 6.08 Å². The lowest BCUT2D eigenvalue weighted by atomic mass is 10.0. The monoisotopic (exact) mass is 236 g/mol. The van der Waals surface area contributed by atoms with E-state index in [1.54, 1.807) is 10.4 Å². The molecule has 3 rings (SSSR count). The Kier molecular flexibility index (Phi) is 2.14. The first-order valence-corrected chi connectivity index (χ1v) is 9.01. The van der Waals surface area contributed by atoms with E-state index in [9.17, 15) is 0 Å². The van der Waals surface area contributed by atoms with Gasteiger partial charge in [-0.3, -0.25) is 0 Å². The van der Waals surface area contributed by atoms with E-state index < -0.39 is 8.07 Å². The van der Waals surface area contributed by atoms with Crippen LogP contribution < -0.4 is 10.4 Å². The summed E-state index contributed by atoms with van der Waals surface area (Å²) in [4.78, 5) is 0. The predicted octanol–water partition coefficient (Wildman–Crippen LogP) is 3.13. The predicted molar refractivity (Wildman–Crippen MR) is 78.7 cm³/mol. The largest absolute Gasteiger partial charge is 0.113 e. The fraction of sp³-hybridized carbons (Fsp3) is 0.125. The first-order chi connectivity index (χ1) is 8.14. The quantitative estimate of drug-likeness (QED) is 0.667. The van der Waals surface area contributed by atoms with Gasteiger partial charge in [-0.15, -0.1) is 0 Å². The SMILES string of the molecule is C=Cc1ccc2c(c1)-c1ccccc1[Si]2(C)C. The molecule has 0 N–H and O–H groups in total. The highest BCUT2D eigenvalue weighted by Gasteiger charge is 2.36. The third-order valence-corrected chi connectivity index (χ3v) is 7.41. The second kappa shape index (κ2) is 3.44. The van der Waals surface area contributed by atoms with Gasteiger partial charge in [-0.2, -0.15) is 0 Å². The van der Waals surface area contributed by atoms with Gasteiger partial charge in [-0.05, 0) is 33.1 Å². The third-order valence-electron chi connectivity index (χ3n) is 3.84. The number of rotatable bonds is 1. The van der Waals surface area contributed by atoms with E-state index in [1.165, 1.54) is 16.7 Å². The lowest BCUT2D eigenvalue weighted by Gasteiger charge is -2.18. The van der Waals surface area contributed by atoms with Crippen molar-refractivity contribution in [3.63, 3.8) is 0 Å². The zero-order valence-corrected chi connectivity index (χ0v) is 11.3. The zero-order valence-electron chi connectivity index (χ0n) is 10.3. The van der Waals surface area contributed by atoms with Gasteiger partial charge in [0.2, 0.25) is 0 Å². The Morgan fingerprint density at radius 1 is 0.941 bits per heavy atom. The summed E-state index contributed by atoms with van der Waals surface area (Å²) in [6.45, 7) is 8.73. The van der Waals surface area contributed by atoms with Crippen LogP contribution in [0.1, 0.15) is 5.56 Å². The number of fused-ring (bicyclic) bond motifs is 3. The summed E-state index contributed by atoms with van der Waals surface area (Å²) in [7, 11) is -1.45. The average Bonchev–Trinajstić information content (AvgIpc) is 2.59. The Morgan fingerprint density at radius 2 is 1.65 bits per heavy atom. The maximum atomic E-state index is 3.86. The molecule has 1 heteroatoms. The Hall–Kier alpha value is -1.60. The fourth-order valence-electron chi connectivity index (χ4n) is 2.86. The van der Waals surface area contributed by atoms with Crippen LogP contribution in [-0.2, 0) is 0 Å². The summed E-state index contributed by atoms with van der Waals surface area (Å²) < 4.78 is 0. The Balaban J connectivity index is 2.37. The van der Waals surface area contributed by atoms with Gasteiger partial charge in [0.1, 0.15) is 8.07 Å². The summed E-state index contributed by atoms with van der Waals surface area (Å²) >= 11 is 0. The Bertz CT molecular complexity index is 609. The van der Waals surface area contributed by atoms with Gasteiger partial charge in [-0.25, -0.2) is 0 Å². The molecule has 0 unspecified atom stereocenters. The molecule has 0 fully saturated rings. The average molecular weight is 236 g/mol. The molecule has 0 saturated heterocycles. The molecule has 17 heavy (non-hydrogen) atoms. The second-order valence-electron chi connectivity index (χ2n) is 5.18. The molecule has 0 atom stereocenters. The zero-order chi connectivity index (χ0) is 12.0. The summed E-state index contributed by atoms with van der Waals surface area (Å²) in [5, 5.41) is 3.13. The topological polar surface area (TPSA) is 0 Å². The number of benzene rings is 2. The lowest BCUT2D eigenvalue weighted by Crippen LogP contribution is -2.49. The molecule has 1 heterocycles. The van der Waals surface area contributed by atoms with E-state index in [0.29, 0.717) is 0 Å². The van der Waals surface area contributed by atoms with Crippen molar-refractivity contribution < 1.29 is 0 Å². The summed E-state index contributed by atoms with van der Waals surface area (Å²) in [6, 6.07) is 15.6. The molecule has 0 radical (unpaired) electrons. The van der Waals surface area contributed by atoms with Crippen molar-refractivity contribution in [2.75, 3.05) is 0 Å². The van der Waals surface area contributed by atoms with Crippen LogP contribution in [-0.4, -0.2) is 8.07 Å². The van der Waals surface area contributed by atoms with E-state index in [0.717, 1.165) is 0 Å². The summed E-state index contributed by atoms with van der Waals surface area (Å²) in [5.41, 5.74) is 4.07. The molecule has 0 aromatic heterocycles. The maximum Gasteiger partial charge on any atom is 0.113 e. The molecule has 0 bridgehead atoms. The van der Waals surface area contributed by atoms with Crippen LogP contribution >= 0.6 is 0 Å². The molecule has 0 spiro atoms. The minimum absolute atomic E-state index is 1.21. The van der Waals surface area contributed by atoms with Crippen LogP contribution in [0, 0.1) is 0 Å². The normalized spacial score (nSPS) is 15.2. The van der Waals surface area contributed by atoms with Crippen molar-refractivity contribution in [3.8, 4) is 11.1 Å². The molecular formula is C16H16Si. The number of hydrogen-bond donors (Lipinski definition) is 0. The van der Waals surface area contributed by atoms with Gasteiger partial charge in [-0.1, -0.05) is 62.1 Å².